The van der Waals surface area contributed by atoms with Crippen LogP contribution in [0.15, 0.2) is 18.5 Å². The minimum Gasteiger partial charge on any atom is -0.428 e. The molecule has 0 radical (unpaired) electrons. The first-order valence-corrected chi connectivity index (χ1v) is 4.76. The van der Waals surface area contributed by atoms with Crippen LogP contribution in [0.3, 0.4) is 0 Å². The van der Waals surface area contributed by atoms with Crippen LogP contribution in [0, 0.1) is 0 Å². The first-order valence-electron chi connectivity index (χ1n) is 4.38. The van der Waals surface area contributed by atoms with Crippen LogP contribution in [-0.2, 0) is 4.74 Å². The molecule has 4 nitrogen and oxygen atoms in total. The zero-order valence-corrected chi connectivity index (χ0v) is 9.54. The Morgan fingerprint density at radius 1 is 1.40 bits per heavy atom. The lowest BCUT2D eigenvalue weighted by atomic mass is 10.2. The van der Waals surface area contributed by atoms with Crippen molar-refractivity contribution in [1.29, 1.82) is 0 Å². The van der Waals surface area contributed by atoms with Gasteiger partial charge in [-0.2, -0.15) is 0 Å². The van der Waals surface area contributed by atoms with Gasteiger partial charge in [-0.25, -0.2) is 4.79 Å². The summed E-state index contributed by atoms with van der Waals surface area (Å²) < 4.78 is 9.81. The van der Waals surface area contributed by atoms with Crippen molar-refractivity contribution in [3.8, 4) is 5.75 Å². The predicted octanol–water partition coefficient (Wildman–Crippen LogP) is 3.05. The van der Waals surface area contributed by atoms with Gasteiger partial charge in [0.25, 0.3) is 0 Å². The summed E-state index contributed by atoms with van der Waals surface area (Å²) in [7, 11) is 0. The topological polar surface area (TPSA) is 48.4 Å². The lowest BCUT2D eigenvalue weighted by Gasteiger charge is -2.18. The van der Waals surface area contributed by atoms with Crippen molar-refractivity contribution in [1.82, 2.24) is 4.98 Å². The normalized spacial score (nSPS) is 10.9. The molecule has 0 saturated carbocycles. The summed E-state index contributed by atoms with van der Waals surface area (Å²) in [6.45, 7) is 5.26. The highest BCUT2D eigenvalue weighted by Gasteiger charge is 2.18. The molecule has 1 heterocycles. The van der Waals surface area contributed by atoms with Crippen LogP contribution in [0.4, 0.5) is 4.79 Å². The van der Waals surface area contributed by atoms with Gasteiger partial charge in [0, 0.05) is 12.3 Å². The maximum atomic E-state index is 11.2. The molecule has 0 amide bonds. The molecule has 1 aromatic rings. The Morgan fingerprint density at radius 3 is 2.60 bits per heavy atom. The standard InChI is InChI=1S/C10H12ClNO3/c1-10(2,3)15-9(13)14-8-4-7(11)5-12-6-8/h4-6H,1-3H3. The number of carbonyl (C=O) groups excluding carboxylic acids is 1. The summed E-state index contributed by atoms with van der Waals surface area (Å²) in [6.07, 6.45) is 2.06. The van der Waals surface area contributed by atoms with E-state index in [-0.39, 0.29) is 5.75 Å². The number of nitrogens with zero attached hydrogens (tertiary/aromatic N) is 1. The number of aromatic nitrogens is 1. The van der Waals surface area contributed by atoms with Crippen molar-refractivity contribution >= 4 is 17.8 Å². The summed E-state index contributed by atoms with van der Waals surface area (Å²) in [5, 5.41) is 0.399. The maximum absolute atomic E-state index is 11.2. The maximum Gasteiger partial charge on any atom is 0.514 e. The minimum absolute atomic E-state index is 0.261. The van der Waals surface area contributed by atoms with Gasteiger partial charge in [-0.05, 0) is 20.8 Å². The van der Waals surface area contributed by atoms with Crippen LogP contribution in [0.1, 0.15) is 20.8 Å². The van der Waals surface area contributed by atoms with Crippen molar-refractivity contribution in [2.24, 2.45) is 0 Å². The zero-order valence-electron chi connectivity index (χ0n) is 8.78. The SMILES string of the molecule is CC(C)(C)OC(=O)Oc1cncc(Cl)c1. The summed E-state index contributed by atoms with van der Waals surface area (Å²) in [6, 6.07) is 1.48. The monoisotopic (exact) mass is 229 g/mol. The van der Waals surface area contributed by atoms with Crippen LogP contribution in [0.5, 0.6) is 5.75 Å². The number of rotatable bonds is 1. The van der Waals surface area contributed by atoms with Crippen molar-refractivity contribution in [2.75, 3.05) is 0 Å². The highest BCUT2D eigenvalue weighted by atomic mass is 35.5. The number of hydrogen-bond acceptors (Lipinski definition) is 4. The van der Waals surface area contributed by atoms with E-state index in [2.05, 4.69) is 4.98 Å². The third-order valence-electron chi connectivity index (χ3n) is 1.27. The quantitative estimate of drug-likeness (QED) is 0.695. The molecule has 0 aliphatic rings. The van der Waals surface area contributed by atoms with Gasteiger partial charge in [0.05, 0.1) is 11.2 Å². The van der Waals surface area contributed by atoms with Crippen molar-refractivity contribution < 1.29 is 14.3 Å². The largest absolute Gasteiger partial charge is 0.514 e. The van der Waals surface area contributed by atoms with Crippen LogP contribution in [-0.4, -0.2) is 16.7 Å². The Balaban J connectivity index is 2.59. The average molecular weight is 230 g/mol. The van der Waals surface area contributed by atoms with E-state index in [0.29, 0.717) is 5.02 Å². The fraction of sp³-hybridized carbons (Fsp3) is 0.400. The van der Waals surface area contributed by atoms with E-state index in [0.717, 1.165) is 0 Å². The van der Waals surface area contributed by atoms with E-state index in [1.165, 1.54) is 18.5 Å². The number of halogens is 1. The van der Waals surface area contributed by atoms with Gasteiger partial charge in [0.2, 0.25) is 0 Å². The molecule has 5 heteroatoms. The van der Waals surface area contributed by atoms with Gasteiger partial charge in [0.15, 0.2) is 5.75 Å². The van der Waals surface area contributed by atoms with Gasteiger partial charge < -0.3 is 9.47 Å². The number of ether oxygens (including phenoxy) is 2. The van der Waals surface area contributed by atoms with Gasteiger partial charge in [-0.1, -0.05) is 11.6 Å². The Hall–Kier alpha value is -1.29. The third kappa shape index (κ3) is 4.65. The van der Waals surface area contributed by atoms with Gasteiger partial charge in [-0.15, -0.1) is 0 Å². The summed E-state index contributed by atoms with van der Waals surface area (Å²) in [4.78, 5) is 15.0. The second-order valence-corrected chi connectivity index (χ2v) is 4.34. The molecule has 0 atom stereocenters. The second kappa shape index (κ2) is 4.49. The Morgan fingerprint density at radius 2 is 2.07 bits per heavy atom. The molecule has 0 unspecified atom stereocenters. The smallest absolute Gasteiger partial charge is 0.428 e. The number of pyridine rings is 1. The predicted molar refractivity (Wildman–Crippen MR) is 56.1 cm³/mol. The first-order chi connectivity index (χ1) is 6.87. The average Bonchev–Trinajstić information content (AvgIpc) is 1.99. The van der Waals surface area contributed by atoms with E-state index < -0.39 is 11.8 Å². The molecule has 0 aromatic carbocycles. The molecular weight excluding hydrogens is 218 g/mol. The van der Waals surface area contributed by atoms with Crippen molar-refractivity contribution in [2.45, 2.75) is 26.4 Å². The fourth-order valence-corrected chi connectivity index (χ4v) is 0.979. The van der Waals surface area contributed by atoms with E-state index >= 15 is 0 Å². The van der Waals surface area contributed by atoms with E-state index in [4.69, 9.17) is 21.1 Å². The van der Waals surface area contributed by atoms with Crippen LogP contribution >= 0.6 is 11.6 Å². The van der Waals surface area contributed by atoms with Gasteiger partial charge >= 0.3 is 6.16 Å². The highest BCUT2D eigenvalue weighted by Crippen LogP contribution is 2.17. The molecule has 0 bridgehead atoms. The lowest BCUT2D eigenvalue weighted by Crippen LogP contribution is -2.25. The molecule has 0 saturated heterocycles. The van der Waals surface area contributed by atoms with Crippen LogP contribution in [0.25, 0.3) is 0 Å². The molecule has 82 valence electrons. The number of hydrogen-bond donors (Lipinski definition) is 0. The second-order valence-electron chi connectivity index (χ2n) is 3.91. The Bertz CT molecular complexity index is 360. The van der Waals surface area contributed by atoms with E-state index in [1.807, 2.05) is 0 Å². The van der Waals surface area contributed by atoms with Crippen LogP contribution in [0.2, 0.25) is 5.02 Å². The van der Waals surface area contributed by atoms with Crippen molar-refractivity contribution in [3.63, 3.8) is 0 Å². The zero-order chi connectivity index (χ0) is 11.5. The summed E-state index contributed by atoms with van der Waals surface area (Å²) in [5.41, 5.74) is -0.580. The fourth-order valence-electron chi connectivity index (χ4n) is 0.815. The lowest BCUT2D eigenvalue weighted by molar-refractivity contribution is 0.0205. The molecule has 0 fully saturated rings. The first kappa shape index (κ1) is 11.8. The van der Waals surface area contributed by atoms with Crippen molar-refractivity contribution in [3.05, 3.63) is 23.5 Å². The Kier molecular flexibility index (Phi) is 3.52. The molecule has 15 heavy (non-hydrogen) atoms. The molecule has 0 N–H and O–H groups in total. The number of carbonyl (C=O) groups is 1. The van der Waals surface area contributed by atoms with Gasteiger partial charge in [0.1, 0.15) is 5.60 Å². The third-order valence-corrected chi connectivity index (χ3v) is 1.48. The minimum atomic E-state index is -0.772. The van der Waals surface area contributed by atoms with Crippen LogP contribution < -0.4 is 4.74 Å². The van der Waals surface area contributed by atoms with E-state index in [9.17, 15) is 4.79 Å². The molecule has 0 aliphatic heterocycles. The Labute approximate surface area is 93.2 Å². The molecule has 1 aromatic heterocycles. The molecule has 0 spiro atoms. The molecular formula is C10H12ClNO3. The van der Waals surface area contributed by atoms with E-state index in [1.54, 1.807) is 20.8 Å². The highest BCUT2D eigenvalue weighted by molar-refractivity contribution is 6.30. The van der Waals surface area contributed by atoms with Gasteiger partial charge in [-0.3, -0.25) is 4.98 Å². The molecule has 1 rings (SSSR count). The summed E-state index contributed by atoms with van der Waals surface area (Å²) in [5.74, 6) is 0.261. The molecule has 0 aliphatic carbocycles. The summed E-state index contributed by atoms with van der Waals surface area (Å²) >= 11 is 5.67.